The summed E-state index contributed by atoms with van der Waals surface area (Å²) in [7, 11) is 0. The monoisotopic (exact) mass is 563 g/mol. The van der Waals surface area contributed by atoms with Crippen molar-refractivity contribution in [2.45, 2.75) is 58.0 Å². The number of piperidine rings is 1. The molecule has 0 bridgehead atoms. The van der Waals surface area contributed by atoms with Crippen LogP contribution in [0.5, 0.6) is 11.5 Å². The van der Waals surface area contributed by atoms with E-state index >= 15 is 0 Å². The lowest BCUT2D eigenvalue weighted by atomic mass is 9.88. The highest BCUT2D eigenvalue weighted by atomic mass is 35.5. The highest BCUT2D eigenvalue weighted by molar-refractivity contribution is 6.30. The maximum atomic E-state index is 14.8. The number of hydrogen-bond donors (Lipinski definition) is 0. The number of aryl methyl sites for hydroxylation is 1. The second kappa shape index (κ2) is 10.7. The number of aldehydes is 1. The lowest BCUT2D eigenvalue weighted by molar-refractivity contribution is -0.0712. The molecule has 0 amide bonds. The Hall–Kier alpha value is -3.69. The van der Waals surface area contributed by atoms with Gasteiger partial charge in [0, 0.05) is 30.3 Å². The van der Waals surface area contributed by atoms with Crippen molar-refractivity contribution in [3.8, 4) is 11.5 Å². The molecule has 0 radical (unpaired) electrons. The van der Waals surface area contributed by atoms with E-state index in [1.807, 2.05) is 22.9 Å². The summed E-state index contributed by atoms with van der Waals surface area (Å²) in [4.78, 5) is 22.9. The van der Waals surface area contributed by atoms with Gasteiger partial charge in [-0.3, -0.25) is 9.69 Å². The Bertz CT molecular complexity index is 1540. The molecule has 2 aliphatic rings. The Balaban J connectivity index is 1.15. The number of carbonyl (C=O) groups is 1. The van der Waals surface area contributed by atoms with Crippen LogP contribution in [-0.4, -0.2) is 43.4 Å². The third-order valence-corrected chi connectivity index (χ3v) is 8.21. The Morgan fingerprint density at radius 2 is 1.98 bits per heavy atom. The smallest absolute Gasteiger partial charge is 0.278 e. The average molecular weight is 564 g/mol. The molecule has 1 fully saturated rings. The van der Waals surface area contributed by atoms with Gasteiger partial charge in [-0.1, -0.05) is 23.7 Å². The summed E-state index contributed by atoms with van der Waals surface area (Å²) in [5.41, 5.74) is 2.98. The maximum Gasteiger partial charge on any atom is 0.278 e. The first-order valence-electron chi connectivity index (χ1n) is 13.6. The van der Waals surface area contributed by atoms with Crippen LogP contribution in [0.2, 0.25) is 5.02 Å². The van der Waals surface area contributed by atoms with Gasteiger partial charge in [-0.2, -0.15) is 0 Å². The van der Waals surface area contributed by atoms with Crippen molar-refractivity contribution < 1.29 is 18.7 Å². The van der Waals surface area contributed by atoms with E-state index < -0.39 is 11.6 Å². The Morgan fingerprint density at radius 1 is 1.15 bits per heavy atom. The fraction of sp³-hybridized carbons (Fsp3) is 0.367. The molecule has 4 aromatic rings. The van der Waals surface area contributed by atoms with Gasteiger partial charge in [-0.05, 0) is 63.0 Å². The largest absolute Gasteiger partial charge is 0.444 e. The summed E-state index contributed by atoms with van der Waals surface area (Å²) < 4.78 is 31.3. The molecule has 1 atom stereocenters. The van der Waals surface area contributed by atoms with E-state index in [9.17, 15) is 9.18 Å². The summed E-state index contributed by atoms with van der Waals surface area (Å²) in [5.74, 6) is 0.698. The number of para-hydroxylation sites is 1. The predicted octanol–water partition coefficient (Wildman–Crippen LogP) is 5.78. The lowest BCUT2D eigenvalue weighted by Gasteiger charge is -2.32. The third kappa shape index (κ3) is 4.88. The van der Waals surface area contributed by atoms with Gasteiger partial charge in [-0.15, -0.1) is 0 Å². The van der Waals surface area contributed by atoms with Crippen LogP contribution in [-0.2, 0) is 25.4 Å². The highest BCUT2D eigenvalue weighted by Crippen LogP contribution is 2.49. The number of likely N-dealkylation sites (tertiary alicyclic amines) is 1. The quantitative estimate of drug-likeness (QED) is 0.253. The highest BCUT2D eigenvalue weighted by Gasteiger charge is 2.43. The van der Waals surface area contributed by atoms with E-state index in [4.69, 9.17) is 21.1 Å². The molecule has 0 aliphatic carbocycles. The topological polar surface area (TPSA) is 74.4 Å². The summed E-state index contributed by atoms with van der Waals surface area (Å²) in [6.45, 7) is 7.56. The zero-order chi connectivity index (χ0) is 27.9. The first-order chi connectivity index (χ1) is 19.4. The molecule has 2 aromatic heterocycles. The average Bonchev–Trinajstić information content (AvgIpc) is 3.66. The van der Waals surface area contributed by atoms with E-state index in [1.54, 1.807) is 31.6 Å². The number of rotatable bonds is 8. The fourth-order valence-electron chi connectivity index (χ4n) is 5.80. The van der Waals surface area contributed by atoms with E-state index in [2.05, 4.69) is 32.4 Å². The minimum Gasteiger partial charge on any atom is -0.444 e. The molecule has 2 aliphatic heterocycles. The summed E-state index contributed by atoms with van der Waals surface area (Å²) >= 11 is 5.96. The van der Waals surface area contributed by atoms with Gasteiger partial charge in [0.2, 0.25) is 0 Å². The SMILES string of the molecule is CCn1cncc1Cn1c(C=O)cnc1CN1CCC(c2cccc3c2OC(C)(c2ccc(Cl)cc2F)O3)CC1. The van der Waals surface area contributed by atoms with Crippen molar-refractivity contribution in [1.29, 1.82) is 0 Å². The summed E-state index contributed by atoms with van der Waals surface area (Å²) in [5, 5.41) is 0.324. The number of benzene rings is 2. The van der Waals surface area contributed by atoms with Crippen LogP contribution >= 0.6 is 11.6 Å². The van der Waals surface area contributed by atoms with Crippen LogP contribution in [0.3, 0.4) is 0 Å². The molecule has 40 heavy (non-hydrogen) atoms. The van der Waals surface area contributed by atoms with Crippen molar-refractivity contribution in [3.63, 3.8) is 0 Å². The van der Waals surface area contributed by atoms with Crippen molar-refractivity contribution in [2.24, 2.45) is 0 Å². The van der Waals surface area contributed by atoms with Gasteiger partial charge >= 0.3 is 0 Å². The van der Waals surface area contributed by atoms with Crippen LogP contribution in [0.4, 0.5) is 4.39 Å². The zero-order valence-corrected chi connectivity index (χ0v) is 23.3. The van der Waals surface area contributed by atoms with Crippen LogP contribution in [0.1, 0.15) is 65.7 Å². The third-order valence-electron chi connectivity index (χ3n) is 7.97. The van der Waals surface area contributed by atoms with Crippen molar-refractivity contribution in [3.05, 3.63) is 94.3 Å². The van der Waals surface area contributed by atoms with Gasteiger partial charge in [-0.25, -0.2) is 14.4 Å². The molecule has 0 saturated carbocycles. The van der Waals surface area contributed by atoms with Crippen molar-refractivity contribution in [1.82, 2.24) is 24.0 Å². The van der Waals surface area contributed by atoms with Gasteiger partial charge in [0.05, 0.1) is 36.9 Å². The molecule has 4 heterocycles. The van der Waals surface area contributed by atoms with Crippen LogP contribution < -0.4 is 9.47 Å². The zero-order valence-electron chi connectivity index (χ0n) is 22.5. The van der Waals surface area contributed by atoms with Gasteiger partial charge in [0.1, 0.15) is 17.3 Å². The molecular formula is C30H31ClFN5O3. The number of nitrogens with zero attached hydrogens (tertiary/aromatic N) is 5. The Morgan fingerprint density at radius 3 is 2.73 bits per heavy atom. The maximum absolute atomic E-state index is 14.8. The number of ether oxygens (including phenoxy) is 2. The molecule has 1 unspecified atom stereocenters. The van der Waals surface area contributed by atoms with E-state index in [1.165, 1.54) is 6.07 Å². The standard InChI is InChI=1S/C30H31ClFN5O3/c1-3-36-19-33-14-22(36)16-37-23(18-38)15-34-28(37)17-35-11-9-20(10-12-35)24-5-4-6-27-29(24)40-30(2,39-27)25-8-7-21(31)13-26(25)32/h4-8,13-15,18-20H,3,9-12,16-17H2,1-2H3. The minimum atomic E-state index is -1.27. The summed E-state index contributed by atoms with van der Waals surface area (Å²) in [6.07, 6.45) is 8.00. The number of imidazole rings is 2. The second-order valence-corrected chi connectivity index (χ2v) is 10.9. The van der Waals surface area contributed by atoms with Crippen LogP contribution in [0.25, 0.3) is 0 Å². The first kappa shape index (κ1) is 26.5. The van der Waals surface area contributed by atoms with E-state index in [0.29, 0.717) is 40.9 Å². The predicted molar refractivity (Wildman–Crippen MR) is 148 cm³/mol. The molecule has 10 heteroatoms. The molecule has 6 rings (SSSR count). The number of aromatic nitrogens is 4. The van der Waals surface area contributed by atoms with Crippen LogP contribution in [0.15, 0.2) is 55.1 Å². The molecule has 8 nitrogen and oxygen atoms in total. The lowest BCUT2D eigenvalue weighted by Crippen LogP contribution is -2.34. The Labute approximate surface area is 237 Å². The van der Waals surface area contributed by atoms with Gasteiger partial charge < -0.3 is 18.6 Å². The minimum absolute atomic E-state index is 0.274. The van der Waals surface area contributed by atoms with Crippen molar-refractivity contribution >= 4 is 17.9 Å². The van der Waals surface area contributed by atoms with E-state index in [0.717, 1.165) is 55.8 Å². The molecule has 0 spiro atoms. The van der Waals surface area contributed by atoms with Gasteiger partial charge in [0.15, 0.2) is 17.8 Å². The molecule has 2 aromatic carbocycles. The number of carbonyl (C=O) groups excluding carboxylic acids is 1. The number of fused-ring (bicyclic) bond motifs is 1. The molecule has 208 valence electrons. The molecule has 0 N–H and O–H groups in total. The molecule has 1 saturated heterocycles. The van der Waals surface area contributed by atoms with Gasteiger partial charge in [0.25, 0.3) is 5.79 Å². The second-order valence-electron chi connectivity index (χ2n) is 10.5. The summed E-state index contributed by atoms with van der Waals surface area (Å²) in [6, 6.07) is 10.4. The Kier molecular flexibility index (Phi) is 7.10. The van der Waals surface area contributed by atoms with Crippen LogP contribution in [0, 0.1) is 5.82 Å². The molecular weight excluding hydrogens is 533 g/mol. The first-order valence-corrected chi connectivity index (χ1v) is 13.9. The van der Waals surface area contributed by atoms with Crippen molar-refractivity contribution in [2.75, 3.05) is 13.1 Å². The fourth-order valence-corrected chi connectivity index (χ4v) is 5.96. The number of hydrogen-bond acceptors (Lipinski definition) is 6. The normalized spacial score (nSPS) is 19.3. The number of halogens is 2. The van der Waals surface area contributed by atoms with E-state index in [-0.39, 0.29) is 5.92 Å².